The highest BCUT2D eigenvalue weighted by Crippen LogP contribution is 2.26. The lowest BCUT2D eigenvalue weighted by Crippen LogP contribution is -2.47. The molecule has 0 aromatic heterocycles. The van der Waals surface area contributed by atoms with Crippen LogP contribution in [-0.4, -0.2) is 60.1 Å². The molecule has 1 unspecified atom stereocenters. The maximum atomic E-state index is 13.4. The summed E-state index contributed by atoms with van der Waals surface area (Å²) in [6.45, 7) is 13.5. The first-order valence-electron chi connectivity index (χ1n) is 10.8. The van der Waals surface area contributed by atoms with Gasteiger partial charge in [-0.25, -0.2) is 4.79 Å². The molecule has 1 N–H and O–H groups in total. The molecule has 1 aromatic rings. The summed E-state index contributed by atoms with van der Waals surface area (Å²) in [5, 5.41) is 2.87. The fraction of sp³-hybridized carbons (Fsp3) is 0.652. The van der Waals surface area contributed by atoms with Crippen LogP contribution in [0.3, 0.4) is 0 Å². The first kappa shape index (κ1) is 23.2. The molecule has 2 amide bonds. The molecule has 1 saturated heterocycles. The second-order valence-electron chi connectivity index (χ2n) is 8.69. The Morgan fingerprint density at radius 1 is 1.14 bits per heavy atom. The molecule has 1 fully saturated rings. The minimum absolute atomic E-state index is 0.179. The number of likely N-dealkylation sites (N-methyl/N-ethyl adjacent to an activating group) is 1. The third kappa shape index (κ3) is 7.03. The van der Waals surface area contributed by atoms with Crippen LogP contribution in [0.4, 0.5) is 4.79 Å². The van der Waals surface area contributed by atoms with Crippen molar-refractivity contribution in [1.82, 2.24) is 15.1 Å². The summed E-state index contributed by atoms with van der Waals surface area (Å²) in [4.78, 5) is 29.4. The van der Waals surface area contributed by atoms with Gasteiger partial charge in [0.25, 0.3) is 0 Å². The van der Waals surface area contributed by atoms with Gasteiger partial charge < -0.3 is 15.0 Å². The Morgan fingerprint density at radius 2 is 1.72 bits per heavy atom. The van der Waals surface area contributed by atoms with Gasteiger partial charge in [0.05, 0.1) is 0 Å². The molecule has 2 rings (SSSR count). The first-order chi connectivity index (χ1) is 13.7. The van der Waals surface area contributed by atoms with Crippen LogP contribution in [-0.2, 0) is 9.53 Å². The minimum atomic E-state index is -0.489. The van der Waals surface area contributed by atoms with E-state index in [4.69, 9.17) is 4.74 Å². The topological polar surface area (TPSA) is 61.9 Å². The Labute approximate surface area is 175 Å². The van der Waals surface area contributed by atoms with Crippen LogP contribution in [0.5, 0.6) is 0 Å². The van der Waals surface area contributed by atoms with Crippen molar-refractivity contribution in [2.75, 3.05) is 32.7 Å². The van der Waals surface area contributed by atoms with Gasteiger partial charge in [-0.2, -0.15) is 0 Å². The van der Waals surface area contributed by atoms with Crippen molar-refractivity contribution < 1.29 is 14.3 Å². The van der Waals surface area contributed by atoms with E-state index in [0.717, 1.165) is 44.6 Å². The molecular weight excluding hydrogens is 366 g/mol. The van der Waals surface area contributed by atoms with Crippen LogP contribution >= 0.6 is 0 Å². The van der Waals surface area contributed by atoms with Crippen molar-refractivity contribution in [3.8, 4) is 0 Å². The van der Waals surface area contributed by atoms with E-state index >= 15 is 0 Å². The quantitative estimate of drug-likeness (QED) is 0.752. The third-order valence-corrected chi connectivity index (χ3v) is 5.39. The van der Waals surface area contributed by atoms with Crippen LogP contribution in [0.25, 0.3) is 0 Å². The van der Waals surface area contributed by atoms with E-state index < -0.39 is 5.60 Å². The van der Waals surface area contributed by atoms with Crippen molar-refractivity contribution in [1.29, 1.82) is 0 Å². The summed E-state index contributed by atoms with van der Waals surface area (Å²) < 4.78 is 5.30. The molecule has 1 atom stereocenters. The standard InChI is InChI=1S/C23H37N3O3/c1-6-25(7-2)20(19-11-9-8-10-12-19)21(27)26-15-13-18(14-16-26)17-24-22(28)29-23(3,4)5/h8-12,18,20H,6-7,13-17H2,1-5H3,(H,24,28). The highest BCUT2D eigenvalue weighted by atomic mass is 16.6. The van der Waals surface area contributed by atoms with Gasteiger partial charge in [0.2, 0.25) is 5.91 Å². The summed E-state index contributed by atoms with van der Waals surface area (Å²) in [5.41, 5.74) is 0.562. The normalized spacial score (nSPS) is 16.6. The van der Waals surface area contributed by atoms with Crippen molar-refractivity contribution in [2.24, 2.45) is 5.92 Å². The monoisotopic (exact) mass is 403 g/mol. The van der Waals surface area contributed by atoms with Crippen molar-refractivity contribution in [3.63, 3.8) is 0 Å². The number of alkyl carbamates (subject to hydrolysis) is 1. The predicted molar refractivity (Wildman–Crippen MR) is 116 cm³/mol. The van der Waals surface area contributed by atoms with E-state index in [0.29, 0.717) is 12.5 Å². The van der Waals surface area contributed by atoms with Crippen molar-refractivity contribution in [2.45, 2.75) is 59.1 Å². The lowest BCUT2D eigenvalue weighted by molar-refractivity contribution is -0.138. The molecule has 29 heavy (non-hydrogen) atoms. The minimum Gasteiger partial charge on any atom is -0.444 e. The zero-order valence-electron chi connectivity index (χ0n) is 18.6. The van der Waals surface area contributed by atoms with Gasteiger partial charge in [-0.15, -0.1) is 0 Å². The number of hydrogen-bond acceptors (Lipinski definition) is 4. The maximum Gasteiger partial charge on any atom is 0.407 e. The van der Waals surface area contributed by atoms with Gasteiger partial charge in [0.1, 0.15) is 11.6 Å². The second-order valence-corrected chi connectivity index (χ2v) is 8.69. The van der Waals surface area contributed by atoms with Crippen molar-refractivity contribution in [3.05, 3.63) is 35.9 Å². The number of ether oxygens (including phenoxy) is 1. The molecule has 1 aliphatic heterocycles. The fourth-order valence-electron chi connectivity index (χ4n) is 3.81. The number of hydrogen-bond donors (Lipinski definition) is 1. The van der Waals surface area contributed by atoms with E-state index in [-0.39, 0.29) is 18.0 Å². The zero-order chi connectivity index (χ0) is 21.4. The number of carbonyl (C=O) groups excluding carboxylic acids is 2. The molecule has 1 heterocycles. The van der Waals surface area contributed by atoms with Gasteiger partial charge in [-0.05, 0) is 58.2 Å². The number of piperidine rings is 1. The largest absolute Gasteiger partial charge is 0.444 e. The summed E-state index contributed by atoms with van der Waals surface area (Å²) in [7, 11) is 0. The molecule has 0 saturated carbocycles. The Hall–Kier alpha value is -2.08. The lowest BCUT2D eigenvalue weighted by Gasteiger charge is -2.37. The average molecular weight is 404 g/mol. The van der Waals surface area contributed by atoms with Gasteiger partial charge >= 0.3 is 6.09 Å². The Bertz CT molecular complexity index is 645. The first-order valence-corrected chi connectivity index (χ1v) is 10.8. The van der Waals surface area contributed by atoms with E-state index in [1.807, 2.05) is 56.0 Å². The SMILES string of the molecule is CCN(CC)C(C(=O)N1CCC(CNC(=O)OC(C)(C)C)CC1)c1ccccc1. The Balaban J connectivity index is 1.92. The number of carbonyl (C=O) groups is 2. The van der Waals surface area contributed by atoms with Crippen molar-refractivity contribution >= 4 is 12.0 Å². The second kappa shape index (κ2) is 10.6. The molecule has 1 aromatic carbocycles. The summed E-state index contributed by atoms with van der Waals surface area (Å²) >= 11 is 0. The predicted octanol–water partition coefficient (Wildman–Crippen LogP) is 3.83. The van der Waals surface area contributed by atoms with E-state index in [2.05, 4.69) is 24.1 Å². The van der Waals surface area contributed by atoms with Crippen LogP contribution in [0, 0.1) is 5.92 Å². The van der Waals surface area contributed by atoms with Gasteiger partial charge in [-0.1, -0.05) is 44.2 Å². The van der Waals surface area contributed by atoms with Gasteiger partial charge in [0.15, 0.2) is 0 Å². The highest BCUT2D eigenvalue weighted by Gasteiger charge is 2.32. The van der Waals surface area contributed by atoms with Crippen LogP contribution in [0.1, 0.15) is 59.1 Å². The zero-order valence-corrected chi connectivity index (χ0v) is 18.6. The van der Waals surface area contributed by atoms with Gasteiger partial charge in [-0.3, -0.25) is 9.69 Å². The number of amides is 2. The fourth-order valence-corrected chi connectivity index (χ4v) is 3.81. The lowest BCUT2D eigenvalue weighted by atomic mass is 9.95. The molecule has 0 bridgehead atoms. The van der Waals surface area contributed by atoms with Crippen LogP contribution < -0.4 is 5.32 Å². The Morgan fingerprint density at radius 3 is 2.24 bits per heavy atom. The van der Waals surface area contributed by atoms with Crippen LogP contribution in [0.2, 0.25) is 0 Å². The molecule has 1 aliphatic rings. The molecule has 0 spiro atoms. The molecule has 6 heteroatoms. The van der Waals surface area contributed by atoms with E-state index in [9.17, 15) is 9.59 Å². The molecule has 162 valence electrons. The molecule has 0 radical (unpaired) electrons. The molecule has 6 nitrogen and oxygen atoms in total. The van der Waals surface area contributed by atoms with E-state index in [1.165, 1.54) is 0 Å². The summed E-state index contributed by atoms with van der Waals surface area (Å²) in [5.74, 6) is 0.550. The number of nitrogens with one attached hydrogen (secondary N) is 1. The smallest absolute Gasteiger partial charge is 0.407 e. The third-order valence-electron chi connectivity index (χ3n) is 5.39. The number of likely N-dealkylation sites (tertiary alicyclic amines) is 1. The summed E-state index contributed by atoms with van der Waals surface area (Å²) in [6, 6.07) is 9.82. The Kier molecular flexibility index (Phi) is 8.50. The summed E-state index contributed by atoms with van der Waals surface area (Å²) in [6.07, 6.45) is 1.41. The number of benzene rings is 1. The van der Waals surface area contributed by atoms with E-state index in [1.54, 1.807) is 0 Å². The number of rotatable bonds is 7. The molecular formula is C23H37N3O3. The van der Waals surface area contributed by atoms with Crippen LogP contribution in [0.15, 0.2) is 30.3 Å². The highest BCUT2D eigenvalue weighted by molar-refractivity contribution is 5.83. The molecule has 0 aliphatic carbocycles. The maximum absolute atomic E-state index is 13.4. The van der Waals surface area contributed by atoms with Gasteiger partial charge in [0, 0.05) is 19.6 Å². The average Bonchev–Trinajstić information content (AvgIpc) is 2.69. The number of nitrogens with zero attached hydrogens (tertiary/aromatic N) is 2.